The molecule has 3 heterocycles. The number of halogens is 1. The fourth-order valence-electron chi connectivity index (χ4n) is 1.73. The Kier molecular flexibility index (Phi) is 2.22. The summed E-state index contributed by atoms with van der Waals surface area (Å²) in [5.74, 6) is -0.0704. The third-order valence-corrected chi connectivity index (χ3v) is 2.98. The Morgan fingerprint density at radius 1 is 1.29 bits per heavy atom. The average Bonchev–Trinajstić information content (AvgIpc) is 2.80. The molecule has 1 aliphatic heterocycles. The summed E-state index contributed by atoms with van der Waals surface area (Å²) in [5, 5.41) is 4.17. The third kappa shape index (κ3) is 1.72. The Morgan fingerprint density at radius 2 is 2.12 bits per heavy atom. The molecule has 2 aromatic rings. The summed E-state index contributed by atoms with van der Waals surface area (Å²) in [7, 11) is 0. The van der Waals surface area contributed by atoms with Crippen LogP contribution in [0.5, 0.6) is 0 Å². The van der Waals surface area contributed by atoms with E-state index < -0.39 is 0 Å². The van der Waals surface area contributed by atoms with E-state index in [4.69, 9.17) is 0 Å². The van der Waals surface area contributed by atoms with Crippen molar-refractivity contribution in [3.63, 3.8) is 0 Å². The van der Waals surface area contributed by atoms with E-state index in [-0.39, 0.29) is 30.6 Å². The molecule has 3 rings (SSSR count). The summed E-state index contributed by atoms with van der Waals surface area (Å²) >= 11 is 3.32. The fourth-order valence-corrected chi connectivity index (χ4v) is 2.05. The number of hydrogen-bond donors (Lipinski definition) is 0. The van der Waals surface area contributed by atoms with Gasteiger partial charge in [-0.3, -0.25) is 14.5 Å². The minimum Gasteiger partial charge on any atom is -0.297 e. The van der Waals surface area contributed by atoms with Gasteiger partial charge in [0.1, 0.15) is 0 Å². The molecule has 0 N–H and O–H groups in total. The van der Waals surface area contributed by atoms with Crippen molar-refractivity contribution in [3.05, 3.63) is 22.8 Å². The van der Waals surface area contributed by atoms with Crippen LogP contribution in [0.25, 0.3) is 5.65 Å². The van der Waals surface area contributed by atoms with Crippen molar-refractivity contribution in [1.82, 2.24) is 14.6 Å². The van der Waals surface area contributed by atoms with E-state index >= 15 is 0 Å². The van der Waals surface area contributed by atoms with Crippen LogP contribution in [0, 0.1) is 0 Å². The van der Waals surface area contributed by atoms with Crippen molar-refractivity contribution in [1.29, 1.82) is 0 Å². The number of amides is 1. The Balaban J connectivity index is 2.06. The summed E-state index contributed by atoms with van der Waals surface area (Å²) in [5.41, 5.74) is 0.635. The molecule has 17 heavy (non-hydrogen) atoms. The quantitative estimate of drug-likeness (QED) is 0.730. The highest BCUT2D eigenvalue weighted by Gasteiger charge is 2.31. The third-order valence-electron chi connectivity index (χ3n) is 2.51. The maximum absolute atomic E-state index is 11.5. The Labute approximate surface area is 104 Å². The Morgan fingerprint density at radius 3 is 2.82 bits per heavy atom. The van der Waals surface area contributed by atoms with Crippen LogP contribution in [0.4, 0.5) is 5.95 Å². The van der Waals surface area contributed by atoms with Crippen LogP contribution >= 0.6 is 15.9 Å². The number of nitrogens with zero attached hydrogens (tertiary/aromatic N) is 4. The van der Waals surface area contributed by atoms with Crippen LogP contribution in [0.1, 0.15) is 6.42 Å². The highest BCUT2D eigenvalue weighted by molar-refractivity contribution is 9.10. The maximum atomic E-state index is 11.5. The number of aromatic nitrogens is 3. The van der Waals surface area contributed by atoms with Crippen molar-refractivity contribution in [2.75, 3.05) is 11.4 Å². The van der Waals surface area contributed by atoms with Crippen molar-refractivity contribution in [2.24, 2.45) is 0 Å². The number of ketones is 1. The van der Waals surface area contributed by atoms with Gasteiger partial charge < -0.3 is 0 Å². The largest absolute Gasteiger partial charge is 0.297 e. The number of anilines is 1. The predicted molar refractivity (Wildman–Crippen MR) is 62.7 cm³/mol. The molecule has 86 valence electrons. The number of carbonyl (C=O) groups is 2. The molecule has 0 saturated carbocycles. The molecule has 1 saturated heterocycles. The first-order valence-corrected chi connectivity index (χ1v) is 5.77. The molecule has 1 aliphatic rings. The monoisotopic (exact) mass is 294 g/mol. The highest BCUT2D eigenvalue weighted by Crippen LogP contribution is 2.18. The van der Waals surface area contributed by atoms with Crippen LogP contribution in [-0.4, -0.2) is 32.8 Å². The topological polar surface area (TPSA) is 67.6 Å². The molecule has 0 radical (unpaired) electrons. The van der Waals surface area contributed by atoms with E-state index in [1.54, 1.807) is 16.8 Å². The van der Waals surface area contributed by atoms with Gasteiger partial charge in [0.05, 0.1) is 13.0 Å². The van der Waals surface area contributed by atoms with Gasteiger partial charge >= 0.3 is 0 Å². The van der Waals surface area contributed by atoms with Gasteiger partial charge in [0, 0.05) is 10.7 Å². The first-order chi connectivity index (χ1) is 8.13. The first-order valence-electron chi connectivity index (χ1n) is 4.97. The summed E-state index contributed by atoms with van der Waals surface area (Å²) < 4.78 is 2.43. The molecular formula is C10H7BrN4O2. The molecular weight excluding hydrogens is 288 g/mol. The average molecular weight is 295 g/mol. The Bertz CT molecular complexity index is 636. The molecule has 6 nitrogen and oxygen atoms in total. The van der Waals surface area contributed by atoms with Gasteiger partial charge in [-0.2, -0.15) is 4.98 Å². The number of carbonyl (C=O) groups excluding carboxylic acids is 2. The van der Waals surface area contributed by atoms with E-state index in [0.29, 0.717) is 5.65 Å². The minimum absolute atomic E-state index is 0.0563. The summed E-state index contributed by atoms with van der Waals surface area (Å²) in [6.45, 7) is 0.0664. The molecule has 0 atom stereocenters. The molecule has 0 spiro atoms. The standard InChI is InChI=1S/C10H7BrN4O2/c11-6-1-2-8-12-10(13-15(8)4-6)14-5-7(16)3-9(14)17/h1-2,4H,3,5H2. The van der Waals surface area contributed by atoms with Gasteiger partial charge in [0.2, 0.25) is 5.91 Å². The number of rotatable bonds is 1. The summed E-state index contributed by atoms with van der Waals surface area (Å²) in [4.78, 5) is 28.2. The highest BCUT2D eigenvalue weighted by atomic mass is 79.9. The van der Waals surface area contributed by atoms with Gasteiger partial charge in [0.15, 0.2) is 11.4 Å². The number of fused-ring (bicyclic) bond motifs is 1. The smallest absolute Gasteiger partial charge is 0.252 e. The molecule has 0 unspecified atom stereocenters. The van der Waals surface area contributed by atoms with Crippen molar-refractivity contribution in [2.45, 2.75) is 6.42 Å². The van der Waals surface area contributed by atoms with Crippen LogP contribution in [0.2, 0.25) is 0 Å². The first kappa shape index (κ1) is 10.4. The van der Waals surface area contributed by atoms with E-state index in [0.717, 1.165) is 4.47 Å². The Hall–Kier alpha value is -1.76. The molecule has 0 aromatic carbocycles. The zero-order valence-electron chi connectivity index (χ0n) is 8.63. The molecule has 7 heteroatoms. The van der Waals surface area contributed by atoms with E-state index in [2.05, 4.69) is 26.0 Å². The van der Waals surface area contributed by atoms with E-state index in [1.807, 2.05) is 6.07 Å². The lowest BCUT2D eigenvalue weighted by molar-refractivity contribution is -0.121. The maximum Gasteiger partial charge on any atom is 0.252 e. The second kappa shape index (κ2) is 3.63. The molecule has 1 fully saturated rings. The molecule has 2 aromatic heterocycles. The van der Waals surface area contributed by atoms with Crippen LogP contribution < -0.4 is 4.90 Å². The predicted octanol–water partition coefficient (Wildman–Crippen LogP) is 0.798. The number of Topliss-reactive ketones (excluding diaryl/α,β-unsaturated/α-hetero) is 1. The lowest BCUT2D eigenvalue weighted by Crippen LogP contribution is -2.25. The molecule has 0 bridgehead atoms. The second-order valence-corrected chi connectivity index (χ2v) is 4.67. The van der Waals surface area contributed by atoms with Gasteiger partial charge in [-0.05, 0) is 28.1 Å². The number of hydrogen-bond acceptors (Lipinski definition) is 4. The van der Waals surface area contributed by atoms with Gasteiger partial charge in [-0.15, -0.1) is 5.10 Å². The minimum atomic E-state index is -0.245. The SMILES string of the molecule is O=C1CC(=O)N(c2nc3ccc(Br)cn3n2)C1. The normalized spacial score (nSPS) is 16.2. The molecule has 1 amide bonds. The zero-order valence-corrected chi connectivity index (χ0v) is 10.2. The van der Waals surface area contributed by atoms with Crippen molar-refractivity contribution >= 4 is 39.2 Å². The van der Waals surface area contributed by atoms with Crippen LogP contribution in [0.3, 0.4) is 0 Å². The van der Waals surface area contributed by atoms with Crippen LogP contribution in [0.15, 0.2) is 22.8 Å². The molecule has 0 aliphatic carbocycles. The summed E-state index contributed by atoms with van der Waals surface area (Å²) in [6.07, 6.45) is 1.69. The lowest BCUT2D eigenvalue weighted by Gasteiger charge is -2.07. The van der Waals surface area contributed by atoms with Crippen LogP contribution in [-0.2, 0) is 9.59 Å². The fraction of sp³-hybridized carbons (Fsp3) is 0.200. The van der Waals surface area contributed by atoms with E-state index in [9.17, 15) is 9.59 Å². The van der Waals surface area contributed by atoms with E-state index in [1.165, 1.54) is 4.90 Å². The summed E-state index contributed by atoms with van der Waals surface area (Å²) in [6, 6.07) is 3.62. The van der Waals surface area contributed by atoms with Crippen molar-refractivity contribution < 1.29 is 9.59 Å². The van der Waals surface area contributed by atoms with Gasteiger partial charge in [0.25, 0.3) is 5.95 Å². The lowest BCUT2D eigenvalue weighted by atomic mass is 10.3. The number of pyridine rings is 1. The van der Waals surface area contributed by atoms with Crippen molar-refractivity contribution in [3.8, 4) is 0 Å². The van der Waals surface area contributed by atoms with Gasteiger partial charge in [-0.1, -0.05) is 0 Å². The van der Waals surface area contributed by atoms with Gasteiger partial charge in [-0.25, -0.2) is 4.52 Å². The second-order valence-electron chi connectivity index (χ2n) is 3.76. The zero-order chi connectivity index (χ0) is 12.0.